The van der Waals surface area contributed by atoms with Crippen molar-refractivity contribution in [1.82, 2.24) is 0 Å². The van der Waals surface area contributed by atoms with E-state index in [9.17, 15) is 0 Å². The fraction of sp³-hybridized carbons (Fsp3) is 0.294. The summed E-state index contributed by atoms with van der Waals surface area (Å²) in [6.45, 7) is 4.25. The molecule has 0 fully saturated rings. The van der Waals surface area contributed by atoms with Crippen LogP contribution in [0.3, 0.4) is 0 Å². The molecule has 4 heteroatoms. The van der Waals surface area contributed by atoms with Gasteiger partial charge in [-0.2, -0.15) is 0 Å². The van der Waals surface area contributed by atoms with Crippen molar-refractivity contribution >= 4 is 0 Å². The van der Waals surface area contributed by atoms with Crippen LogP contribution >= 0.6 is 0 Å². The molecule has 0 bridgehead atoms. The zero-order valence-electron chi connectivity index (χ0n) is 13.5. The van der Waals surface area contributed by atoms with Crippen LogP contribution in [0.4, 0.5) is 0 Å². The topological polar surface area (TPSA) is 92.5 Å². The second kappa shape index (κ2) is 23.1. The first kappa shape index (κ1) is 24.0. The highest BCUT2D eigenvalue weighted by atomic mass is 16.3. The molecule has 0 unspecified atom stereocenters. The smallest absolute Gasteiger partial charge is 0.115 e. The predicted octanol–water partition coefficient (Wildman–Crippen LogP) is 3.35. The van der Waals surface area contributed by atoms with Gasteiger partial charge in [0.2, 0.25) is 0 Å². The molecule has 2 aromatic rings. The zero-order valence-corrected chi connectivity index (χ0v) is 13.5. The van der Waals surface area contributed by atoms with E-state index < -0.39 is 0 Å². The van der Waals surface area contributed by atoms with E-state index in [-0.39, 0.29) is 0 Å². The fourth-order valence-electron chi connectivity index (χ4n) is 0.856. The molecular weight excluding hydrogens is 264 g/mol. The van der Waals surface area contributed by atoms with Crippen LogP contribution in [0.5, 0.6) is 11.5 Å². The number of hydrogen-bond acceptors (Lipinski definition) is 4. The maximum absolute atomic E-state index is 8.63. The van der Waals surface area contributed by atoms with Crippen LogP contribution in [0.15, 0.2) is 60.7 Å². The van der Waals surface area contributed by atoms with Gasteiger partial charge in [0.25, 0.3) is 0 Å². The molecule has 0 spiro atoms. The molecule has 0 amide bonds. The first-order valence-electron chi connectivity index (χ1n) is 6.84. The highest BCUT2D eigenvalue weighted by Crippen LogP contribution is 2.03. The summed E-state index contributed by atoms with van der Waals surface area (Å²) in [5.41, 5.74) is 9.00. The SMILES string of the molecule is CCC.CN.CN.Oc1ccccc1.Oc1ccccc1. The van der Waals surface area contributed by atoms with Crippen LogP contribution in [0.25, 0.3) is 0 Å². The monoisotopic (exact) mass is 294 g/mol. The lowest BCUT2D eigenvalue weighted by Gasteiger charge is -1.82. The first-order valence-corrected chi connectivity index (χ1v) is 6.84. The van der Waals surface area contributed by atoms with Crippen molar-refractivity contribution in [2.24, 2.45) is 11.5 Å². The normalized spacial score (nSPS) is 7.14. The van der Waals surface area contributed by atoms with Crippen molar-refractivity contribution < 1.29 is 10.2 Å². The molecule has 0 atom stereocenters. The molecule has 0 aromatic heterocycles. The van der Waals surface area contributed by atoms with E-state index in [0.29, 0.717) is 11.5 Å². The Labute approximate surface area is 129 Å². The van der Waals surface area contributed by atoms with E-state index >= 15 is 0 Å². The quantitative estimate of drug-likeness (QED) is 0.599. The Hall–Kier alpha value is -2.04. The lowest BCUT2D eigenvalue weighted by molar-refractivity contribution is 0.475. The Morgan fingerprint density at radius 1 is 0.619 bits per heavy atom. The molecule has 0 saturated carbocycles. The Kier molecular flexibility index (Phi) is 26.4. The molecule has 0 heterocycles. The van der Waals surface area contributed by atoms with Gasteiger partial charge in [0.15, 0.2) is 0 Å². The number of phenolic OH excluding ortho intramolecular Hbond substituents is 2. The molecule has 2 aromatic carbocycles. The average molecular weight is 294 g/mol. The molecule has 0 radical (unpaired) electrons. The molecular formula is C17H30N2O2. The van der Waals surface area contributed by atoms with Gasteiger partial charge >= 0.3 is 0 Å². The largest absolute Gasteiger partial charge is 0.508 e. The summed E-state index contributed by atoms with van der Waals surface area (Å²) in [7, 11) is 3.00. The number of para-hydroxylation sites is 2. The van der Waals surface area contributed by atoms with Crippen molar-refractivity contribution in [3.8, 4) is 11.5 Å². The lowest BCUT2D eigenvalue weighted by atomic mass is 10.3. The Balaban J connectivity index is -0.000000219. The number of aromatic hydroxyl groups is 2. The highest BCUT2D eigenvalue weighted by Gasteiger charge is 1.75. The summed E-state index contributed by atoms with van der Waals surface area (Å²) in [5.74, 6) is 0.644. The summed E-state index contributed by atoms with van der Waals surface area (Å²) >= 11 is 0. The fourth-order valence-corrected chi connectivity index (χ4v) is 0.856. The van der Waals surface area contributed by atoms with Crippen molar-refractivity contribution in [2.45, 2.75) is 20.3 Å². The third-order valence-electron chi connectivity index (χ3n) is 1.51. The minimum atomic E-state index is 0.322. The Morgan fingerprint density at radius 2 is 0.810 bits per heavy atom. The maximum Gasteiger partial charge on any atom is 0.115 e. The van der Waals surface area contributed by atoms with Crippen LogP contribution in [-0.2, 0) is 0 Å². The molecule has 0 saturated heterocycles. The summed E-state index contributed by atoms with van der Waals surface area (Å²) < 4.78 is 0. The van der Waals surface area contributed by atoms with Crippen molar-refractivity contribution in [3.05, 3.63) is 60.7 Å². The maximum atomic E-state index is 8.63. The third kappa shape index (κ3) is 23.5. The van der Waals surface area contributed by atoms with Crippen LogP contribution < -0.4 is 11.5 Å². The predicted molar refractivity (Wildman–Crippen MR) is 92.4 cm³/mol. The van der Waals surface area contributed by atoms with Gasteiger partial charge in [0.05, 0.1) is 0 Å². The van der Waals surface area contributed by atoms with E-state index in [4.69, 9.17) is 10.2 Å². The lowest BCUT2D eigenvalue weighted by Crippen LogP contribution is -1.69. The number of benzene rings is 2. The second-order valence-electron chi connectivity index (χ2n) is 3.38. The van der Waals surface area contributed by atoms with E-state index in [2.05, 4.69) is 25.3 Å². The molecule has 0 aliphatic carbocycles. The van der Waals surface area contributed by atoms with E-state index in [0.717, 1.165) is 0 Å². The van der Waals surface area contributed by atoms with Crippen molar-refractivity contribution in [1.29, 1.82) is 0 Å². The van der Waals surface area contributed by atoms with Gasteiger partial charge in [-0.25, -0.2) is 0 Å². The molecule has 2 rings (SSSR count). The standard InChI is InChI=1S/2C6H6O.C3H8.2CH5N/c2*7-6-4-2-1-3-5-6;1-3-2;2*1-2/h2*1-5,7H;3H2,1-2H3;2*2H2,1H3. The average Bonchev–Trinajstić information content (AvgIpc) is 2.54. The summed E-state index contributed by atoms with van der Waals surface area (Å²) in [4.78, 5) is 0. The van der Waals surface area contributed by atoms with Gasteiger partial charge < -0.3 is 21.7 Å². The van der Waals surface area contributed by atoms with E-state index in [1.54, 1.807) is 48.5 Å². The first-order chi connectivity index (χ1) is 10.2. The van der Waals surface area contributed by atoms with Gasteiger partial charge in [-0.15, -0.1) is 0 Å². The summed E-state index contributed by atoms with van der Waals surface area (Å²) in [5, 5.41) is 17.3. The van der Waals surface area contributed by atoms with Gasteiger partial charge in [-0.3, -0.25) is 0 Å². The third-order valence-corrected chi connectivity index (χ3v) is 1.51. The number of nitrogens with two attached hydrogens (primary N) is 2. The molecule has 0 aliphatic rings. The number of hydrogen-bond donors (Lipinski definition) is 4. The molecule has 120 valence electrons. The number of phenols is 2. The molecule has 21 heavy (non-hydrogen) atoms. The minimum absolute atomic E-state index is 0.322. The van der Waals surface area contributed by atoms with E-state index in [1.165, 1.54) is 20.5 Å². The number of rotatable bonds is 0. The van der Waals surface area contributed by atoms with Gasteiger partial charge in [0.1, 0.15) is 11.5 Å². The van der Waals surface area contributed by atoms with Crippen molar-refractivity contribution in [3.63, 3.8) is 0 Å². The van der Waals surface area contributed by atoms with Gasteiger partial charge in [0, 0.05) is 0 Å². The summed E-state index contributed by atoms with van der Waals surface area (Å²) in [6, 6.07) is 17.4. The second-order valence-corrected chi connectivity index (χ2v) is 3.38. The van der Waals surface area contributed by atoms with Crippen LogP contribution in [-0.4, -0.2) is 24.3 Å². The zero-order chi connectivity index (χ0) is 16.9. The van der Waals surface area contributed by atoms with Crippen molar-refractivity contribution in [2.75, 3.05) is 14.1 Å². The molecule has 0 aliphatic heterocycles. The van der Waals surface area contributed by atoms with Crippen LogP contribution in [0, 0.1) is 0 Å². The van der Waals surface area contributed by atoms with E-state index in [1.807, 2.05) is 12.1 Å². The van der Waals surface area contributed by atoms with Gasteiger partial charge in [-0.05, 0) is 38.4 Å². The van der Waals surface area contributed by atoms with Crippen LogP contribution in [0.2, 0.25) is 0 Å². The minimum Gasteiger partial charge on any atom is -0.508 e. The Morgan fingerprint density at radius 3 is 0.905 bits per heavy atom. The Bertz CT molecular complexity index is 330. The highest BCUT2D eigenvalue weighted by molar-refractivity contribution is 5.19. The summed E-state index contributed by atoms with van der Waals surface area (Å²) in [6.07, 6.45) is 1.25. The molecule has 6 N–H and O–H groups in total. The van der Waals surface area contributed by atoms with Gasteiger partial charge in [-0.1, -0.05) is 56.7 Å². The van der Waals surface area contributed by atoms with Crippen LogP contribution in [0.1, 0.15) is 20.3 Å². The molecule has 4 nitrogen and oxygen atoms in total.